The van der Waals surface area contributed by atoms with Gasteiger partial charge in [0.1, 0.15) is 5.75 Å². The Bertz CT molecular complexity index is 676. The first-order valence-corrected chi connectivity index (χ1v) is 10.0. The smallest absolute Gasteiger partial charge is 0.370 e. The van der Waals surface area contributed by atoms with E-state index in [0.29, 0.717) is 10.8 Å². The van der Waals surface area contributed by atoms with Crippen molar-refractivity contribution in [1.82, 2.24) is 0 Å². The Kier molecular flexibility index (Phi) is 6.21. The molecule has 1 aliphatic heterocycles. The van der Waals surface area contributed by atoms with Gasteiger partial charge in [-0.3, -0.25) is 4.57 Å². The number of carbonyl (C=O) groups is 1. The third-order valence-corrected chi connectivity index (χ3v) is 6.17. The number of carbonyl (C=O) groups excluding carboxylic acids is 1. The fraction of sp³-hybridized carbons (Fsp3) is 0.588. The Hall–Kier alpha value is -1.07. The topological polar surface area (TPSA) is 71.1 Å². The molecule has 2 unspecified atom stereocenters. The molecule has 2 rings (SSSR count). The van der Waals surface area contributed by atoms with Crippen LogP contribution in [0.15, 0.2) is 18.2 Å². The van der Waals surface area contributed by atoms with Gasteiger partial charge < -0.3 is 18.5 Å². The fourth-order valence-electron chi connectivity index (χ4n) is 2.09. The van der Waals surface area contributed by atoms with Gasteiger partial charge in [0.2, 0.25) is 0 Å². The van der Waals surface area contributed by atoms with Crippen molar-refractivity contribution >= 4 is 25.2 Å². The van der Waals surface area contributed by atoms with Gasteiger partial charge in [-0.1, -0.05) is 25.4 Å². The zero-order valence-corrected chi connectivity index (χ0v) is 16.7. The van der Waals surface area contributed by atoms with Gasteiger partial charge in [-0.2, -0.15) is 0 Å². The van der Waals surface area contributed by atoms with E-state index in [1.54, 1.807) is 25.1 Å². The maximum absolute atomic E-state index is 12.6. The molecule has 1 aromatic rings. The van der Waals surface area contributed by atoms with Crippen LogP contribution < -0.4 is 4.74 Å². The highest BCUT2D eigenvalue weighted by Gasteiger charge is 2.43. The average Bonchev–Trinajstić information content (AvgIpc) is 2.54. The molecule has 0 N–H and O–H groups in total. The Morgan fingerprint density at radius 1 is 1.28 bits per heavy atom. The largest absolute Gasteiger partial charge is 0.479 e. The summed E-state index contributed by atoms with van der Waals surface area (Å²) in [7, 11) is -3.49. The van der Waals surface area contributed by atoms with Crippen LogP contribution in [-0.4, -0.2) is 31.1 Å². The third kappa shape index (κ3) is 5.20. The molecule has 25 heavy (non-hydrogen) atoms. The molecule has 0 aliphatic carbocycles. The van der Waals surface area contributed by atoms with Crippen LogP contribution in [-0.2, 0) is 23.1 Å². The molecule has 0 radical (unpaired) electrons. The standard InChI is InChI=1S/C17H24ClO6P/c1-11-8-14(6-7-15(11)18)23-12(2)16(19)24-13(3)25(20)21-9-17(4,5)10-22-25/h6-8,12-13H,9-10H2,1-5H3. The molecule has 0 amide bonds. The van der Waals surface area contributed by atoms with Crippen molar-refractivity contribution in [1.29, 1.82) is 0 Å². The Balaban J connectivity index is 1.94. The number of aryl methyl sites for hydroxylation is 1. The highest BCUT2D eigenvalue weighted by atomic mass is 35.5. The minimum atomic E-state index is -3.49. The molecule has 6 nitrogen and oxygen atoms in total. The van der Waals surface area contributed by atoms with Crippen molar-refractivity contribution in [3.8, 4) is 5.75 Å². The van der Waals surface area contributed by atoms with Crippen LogP contribution in [0.5, 0.6) is 5.75 Å². The fourth-order valence-corrected chi connectivity index (χ4v) is 3.99. The van der Waals surface area contributed by atoms with E-state index < -0.39 is 25.5 Å². The number of benzene rings is 1. The van der Waals surface area contributed by atoms with Crippen molar-refractivity contribution in [3.05, 3.63) is 28.8 Å². The van der Waals surface area contributed by atoms with Gasteiger partial charge in [0.15, 0.2) is 11.9 Å². The SMILES string of the molecule is Cc1cc(OC(C)C(=O)OC(C)P2(=O)OCC(C)(C)CO2)ccc1Cl. The number of rotatable bonds is 5. The predicted molar refractivity (Wildman–Crippen MR) is 95.1 cm³/mol. The van der Waals surface area contributed by atoms with Crippen LogP contribution >= 0.6 is 19.2 Å². The number of hydrogen-bond donors (Lipinski definition) is 0. The summed E-state index contributed by atoms with van der Waals surface area (Å²) in [4.78, 5) is 12.2. The van der Waals surface area contributed by atoms with E-state index in [1.807, 2.05) is 20.8 Å². The maximum Gasteiger partial charge on any atom is 0.370 e. The molecule has 1 heterocycles. The van der Waals surface area contributed by atoms with Crippen LogP contribution in [0, 0.1) is 12.3 Å². The molecule has 1 aromatic carbocycles. The summed E-state index contributed by atoms with van der Waals surface area (Å²) in [6, 6.07) is 5.09. The lowest BCUT2D eigenvalue weighted by atomic mass is 9.97. The molecule has 1 fully saturated rings. The van der Waals surface area contributed by atoms with Crippen molar-refractivity contribution < 1.29 is 27.9 Å². The summed E-state index contributed by atoms with van der Waals surface area (Å²) in [5, 5.41) is 0.615. The predicted octanol–water partition coefficient (Wildman–Crippen LogP) is 4.57. The maximum atomic E-state index is 12.6. The van der Waals surface area contributed by atoms with Crippen molar-refractivity contribution in [3.63, 3.8) is 0 Å². The quantitative estimate of drug-likeness (QED) is 0.541. The zero-order chi connectivity index (χ0) is 18.8. The van der Waals surface area contributed by atoms with E-state index in [9.17, 15) is 9.36 Å². The van der Waals surface area contributed by atoms with Crippen LogP contribution in [0.2, 0.25) is 5.02 Å². The van der Waals surface area contributed by atoms with Crippen molar-refractivity contribution in [2.45, 2.75) is 46.6 Å². The van der Waals surface area contributed by atoms with Gasteiger partial charge in [0, 0.05) is 10.4 Å². The monoisotopic (exact) mass is 390 g/mol. The molecule has 8 heteroatoms. The molecule has 2 atom stereocenters. The summed E-state index contributed by atoms with van der Waals surface area (Å²) in [5.74, 6) is -1.15. The number of ether oxygens (including phenoxy) is 2. The lowest BCUT2D eigenvalue weighted by Gasteiger charge is -2.36. The summed E-state index contributed by atoms with van der Waals surface area (Å²) < 4.78 is 34.2. The Morgan fingerprint density at radius 2 is 1.88 bits per heavy atom. The van der Waals surface area contributed by atoms with Gasteiger partial charge in [-0.15, -0.1) is 0 Å². The Labute approximate surface area is 153 Å². The van der Waals surface area contributed by atoms with E-state index in [0.717, 1.165) is 5.56 Å². The van der Waals surface area contributed by atoms with Gasteiger partial charge >= 0.3 is 13.6 Å². The minimum absolute atomic E-state index is 0.222. The van der Waals surface area contributed by atoms with E-state index in [2.05, 4.69) is 0 Å². The van der Waals surface area contributed by atoms with E-state index in [1.165, 1.54) is 6.92 Å². The van der Waals surface area contributed by atoms with E-state index in [-0.39, 0.29) is 18.6 Å². The normalized spacial score (nSPS) is 21.2. The molecular weight excluding hydrogens is 367 g/mol. The van der Waals surface area contributed by atoms with Crippen LogP contribution in [0.25, 0.3) is 0 Å². The van der Waals surface area contributed by atoms with E-state index >= 15 is 0 Å². The molecule has 0 spiro atoms. The second-order valence-electron chi connectivity index (χ2n) is 6.96. The highest BCUT2D eigenvalue weighted by Crippen LogP contribution is 2.57. The zero-order valence-electron chi connectivity index (χ0n) is 15.1. The number of halogens is 1. The lowest BCUT2D eigenvalue weighted by Crippen LogP contribution is -2.34. The van der Waals surface area contributed by atoms with Crippen LogP contribution in [0.1, 0.15) is 33.3 Å². The first-order chi connectivity index (χ1) is 11.5. The van der Waals surface area contributed by atoms with Crippen molar-refractivity contribution in [2.75, 3.05) is 13.2 Å². The van der Waals surface area contributed by atoms with Crippen LogP contribution in [0.3, 0.4) is 0 Å². The molecular formula is C17H24ClO6P. The molecule has 1 aliphatic rings. The summed E-state index contributed by atoms with van der Waals surface area (Å²) >= 11 is 5.96. The molecule has 0 aromatic heterocycles. The first-order valence-electron chi connectivity index (χ1n) is 8.04. The van der Waals surface area contributed by atoms with Gasteiger partial charge in [-0.05, 0) is 44.5 Å². The number of hydrogen-bond acceptors (Lipinski definition) is 6. The average molecular weight is 391 g/mol. The molecule has 0 bridgehead atoms. The van der Waals surface area contributed by atoms with Crippen LogP contribution in [0.4, 0.5) is 0 Å². The third-order valence-electron chi connectivity index (χ3n) is 3.78. The molecule has 1 saturated heterocycles. The Morgan fingerprint density at radius 3 is 2.44 bits per heavy atom. The first kappa shape index (κ1) is 20.2. The highest BCUT2D eigenvalue weighted by molar-refractivity contribution is 7.54. The van der Waals surface area contributed by atoms with Gasteiger partial charge in [0.25, 0.3) is 0 Å². The van der Waals surface area contributed by atoms with Crippen molar-refractivity contribution in [2.24, 2.45) is 5.41 Å². The molecule has 140 valence electrons. The minimum Gasteiger partial charge on any atom is -0.479 e. The summed E-state index contributed by atoms with van der Waals surface area (Å²) in [5.41, 5.74) is 0.615. The van der Waals surface area contributed by atoms with Gasteiger partial charge in [0.05, 0.1) is 13.2 Å². The second kappa shape index (κ2) is 7.67. The van der Waals surface area contributed by atoms with Gasteiger partial charge in [-0.25, -0.2) is 4.79 Å². The number of esters is 1. The molecule has 0 saturated carbocycles. The second-order valence-corrected chi connectivity index (χ2v) is 9.69. The van der Waals surface area contributed by atoms with E-state index in [4.69, 9.17) is 30.1 Å². The lowest BCUT2D eigenvalue weighted by molar-refractivity contribution is -0.153. The summed E-state index contributed by atoms with van der Waals surface area (Å²) in [6.07, 6.45) is -0.879. The summed E-state index contributed by atoms with van der Waals surface area (Å²) in [6.45, 7) is 9.33.